The summed E-state index contributed by atoms with van der Waals surface area (Å²) in [7, 11) is 0. The largest absolute Gasteiger partial charge is 0.486 e. The lowest BCUT2D eigenvalue weighted by Gasteiger charge is -2.25. The topological polar surface area (TPSA) is 61.6 Å². The third kappa shape index (κ3) is 1.80. The summed E-state index contributed by atoms with van der Waals surface area (Å²) in [5.41, 5.74) is 0.654. The number of nitrogens with zero attached hydrogens (tertiary/aromatic N) is 1. The molecule has 1 heterocycles. The average molecular weight is 223 g/mol. The lowest BCUT2D eigenvalue weighted by atomic mass is 10.1. The molecular formula is C11H13NO4. The smallest absolute Gasteiger partial charge is 0.276 e. The van der Waals surface area contributed by atoms with Crippen LogP contribution in [0, 0.1) is 17.0 Å². The molecule has 0 saturated carbocycles. The van der Waals surface area contributed by atoms with E-state index in [1.165, 1.54) is 6.07 Å². The number of ether oxygens (including phenoxy) is 2. The fourth-order valence-electron chi connectivity index (χ4n) is 1.65. The maximum atomic E-state index is 10.7. The van der Waals surface area contributed by atoms with Crippen LogP contribution < -0.4 is 9.47 Å². The van der Waals surface area contributed by atoms with E-state index in [1.807, 2.05) is 6.92 Å². The van der Waals surface area contributed by atoms with Crippen molar-refractivity contribution >= 4 is 5.69 Å². The SMILES string of the molecule is CC[C@H]1COc2cc([N+](=O)[O-])c(C)cc2O1. The molecule has 5 heteroatoms. The van der Waals surface area contributed by atoms with Gasteiger partial charge in [-0.15, -0.1) is 0 Å². The standard InChI is InChI=1S/C11H13NO4/c1-3-8-6-15-10-5-9(12(13)14)7(2)4-11(10)16-8/h4-5,8H,3,6H2,1-2H3/t8-/m0/s1. The first-order chi connectivity index (χ1) is 7.61. The van der Waals surface area contributed by atoms with E-state index < -0.39 is 4.92 Å². The van der Waals surface area contributed by atoms with Crippen LogP contribution in [-0.2, 0) is 0 Å². The van der Waals surface area contributed by atoms with Gasteiger partial charge in [-0.1, -0.05) is 6.92 Å². The zero-order valence-electron chi connectivity index (χ0n) is 9.23. The summed E-state index contributed by atoms with van der Waals surface area (Å²) in [6.07, 6.45) is 0.892. The summed E-state index contributed by atoms with van der Waals surface area (Å²) < 4.78 is 11.1. The highest BCUT2D eigenvalue weighted by molar-refractivity contribution is 5.54. The summed E-state index contributed by atoms with van der Waals surface area (Å²) in [6, 6.07) is 3.09. The van der Waals surface area contributed by atoms with Gasteiger partial charge in [0.1, 0.15) is 12.7 Å². The van der Waals surface area contributed by atoms with Crippen molar-refractivity contribution in [1.82, 2.24) is 0 Å². The molecule has 0 bridgehead atoms. The number of hydrogen-bond donors (Lipinski definition) is 0. The summed E-state index contributed by atoms with van der Waals surface area (Å²) in [5, 5.41) is 10.7. The maximum Gasteiger partial charge on any atom is 0.276 e. The van der Waals surface area contributed by atoms with E-state index in [2.05, 4.69) is 0 Å². The lowest BCUT2D eigenvalue weighted by molar-refractivity contribution is -0.385. The van der Waals surface area contributed by atoms with Crippen molar-refractivity contribution in [1.29, 1.82) is 0 Å². The molecule has 0 amide bonds. The number of aryl methyl sites for hydroxylation is 1. The van der Waals surface area contributed by atoms with Crippen LogP contribution in [0.1, 0.15) is 18.9 Å². The van der Waals surface area contributed by atoms with Crippen molar-refractivity contribution in [2.75, 3.05) is 6.61 Å². The van der Waals surface area contributed by atoms with Gasteiger partial charge >= 0.3 is 0 Å². The molecule has 1 aliphatic heterocycles. The second kappa shape index (κ2) is 4.00. The maximum absolute atomic E-state index is 10.7. The number of rotatable bonds is 2. The Hall–Kier alpha value is -1.78. The summed E-state index contributed by atoms with van der Waals surface area (Å²) in [4.78, 5) is 10.3. The molecule has 0 aliphatic carbocycles. The number of nitro groups is 1. The molecule has 1 aliphatic rings. The zero-order chi connectivity index (χ0) is 11.7. The molecule has 5 nitrogen and oxygen atoms in total. The monoisotopic (exact) mass is 223 g/mol. The summed E-state index contributed by atoms with van der Waals surface area (Å²) >= 11 is 0. The van der Waals surface area contributed by atoms with E-state index in [9.17, 15) is 10.1 Å². The Labute approximate surface area is 93.1 Å². The number of fused-ring (bicyclic) bond motifs is 1. The molecule has 0 aromatic heterocycles. The first kappa shape index (κ1) is 10.7. The van der Waals surface area contributed by atoms with Crippen molar-refractivity contribution in [2.24, 2.45) is 0 Å². The van der Waals surface area contributed by atoms with Crippen LogP contribution in [0.5, 0.6) is 11.5 Å². The normalized spacial score (nSPS) is 18.2. The van der Waals surface area contributed by atoms with E-state index in [1.54, 1.807) is 13.0 Å². The molecule has 0 radical (unpaired) electrons. The van der Waals surface area contributed by atoms with E-state index in [0.29, 0.717) is 23.7 Å². The minimum atomic E-state index is -0.412. The molecule has 2 rings (SSSR count). The van der Waals surface area contributed by atoms with Gasteiger partial charge in [-0.3, -0.25) is 10.1 Å². The highest BCUT2D eigenvalue weighted by atomic mass is 16.6. The quantitative estimate of drug-likeness (QED) is 0.570. The minimum Gasteiger partial charge on any atom is -0.486 e. The molecule has 0 N–H and O–H groups in total. The molecule has 0 spiro atoms. The van der Waals surface area contributed by atoms with Gasteiger partial charge in [0, 0.05) is 5.56 Å². The molecular weight excluding hydrogens is 210 g/mol. The van der Waals surface area contributed by atoms with Gasteiger partial charge in [-0.05, 0) is 19.4 Å². The second-order valence-corrected chi connectivity index (χ2v) is 3.80. The molecule has 0 saturated heterocycles. The molecule has 0 unspecified atom stereocenters. The molecule has 16 heavy (non-hydrogen) atoms. The Morgan fingerprint density at radius 2 is 2.25 bits per heavy atom. The summed E-state index contributed by atoms with van der Waals surface area (Å²) in [5.74, 6) is 1.06. The Bertz CT molecular complexity index is 430. The summed E-state index contributed by atoms with van der Waals surface area (Å²) in [6.45, 7) is 4.15. The first-order valence-corrected chi connectivity index (χ1v) is 5.20. The van der Waals surface area contributed by atoms with Gasteiger partial charge in [0.25, 0.3) is 5.69 Å². The number of benzene rings is 1. The third-order valence-electron chi connectivity index (χ3n) is 2.63. The van der Waals surface area contributed by atoms with Crippen molar-refractivity contribution < 1.29 is 14.4 Å². The van der Waals surface area contributed by atoms with E-state index in [-0.39, 0.29) is 11.8 Å². The van der Waals surface area contributed by atoms with Crippen LogP contribution in [0.15, 0.2) is 12.1 Å². The first-order valence-electron chi connectivity index (χ1n) is 5.20. The fourth-order valence-corrected chi connectivity index (χ4v) is 1.65. The molecule has 1 aromatic carbocycles. The van der Waals surface area contributed by atoms with Crippen LogP contribution in [-0.4, -0.2) is 17.6 Å². The van der Waals surface area contributed by atoms with Crippen LogP contribution in [0.2, 0.25) is 0 Å². The van der Waals surface area contributed by atoms with Crippen molar-refractivity contribution in [2.45, 2.75) is 26.4 Å². The predicted molar refractivity (Wildman–Crippen MR) is 58.0 cm³/mol. The van der Waals surface area contributed by atoms with Gasteiger partial charge in [0.2, 0.25) is 0 Å². The number of hydrogen-bond acceptors (Lipinski definition) is 4. The zero-order valence-corrected chi connectivity index (χ0v) is 9.23. The van der Waals surface area contributed by atoms with Gasteiger partial charge in [0.05, 0.1) is 11.0 Å². The molecule has 1 atom stereocenters. The fraction of sp³-hybridized carbons (Fsp3) is 0.455. The lowest BCUT2D eigenvalue weighted by Crippen LogP contribution is -2.28. The second-order valence-electron chi connectivity index (χ2n) is 3.80. The predicted octanol–water partition coefficient (Wildman–Crippen LogP) is 2.45. The van der Waals surface area contributed by atoms with Crippen LogP contribution in [0.4, 0.5) is 5.69 Å². The molecule has 0 fully saturated rings. The van der Waals surface area contributed by atoms with Gasteiger partial charge in [-0.2, -0.15) is 0 Å². The third-order valence-corrected chi connectivity index (χ3v) is 2.63. The van der Waals surface area contributed by atoms with Crippen LogP contribution in [0.3, 0.4) is 0 Å². The minimum absolute atomic E-state index is 0.0355. The Morgan fingerprint density at radius 1 is 1.50 bits per heavy atom. The van der Waals surface area contributed by atoms with Gasteiger partial charge < -0.3 is 9.47 Å². The van der Waals surface area contributed by atoms with Crippen LogP contribution >= 0.6 is 0 Å². The van der Waals surface area contributed by atoms with Crippen molar-refractivity contribution in [3.8, 4) is 11.5 Å². The Morgan fingerprint density at radius 3 is 2.88 bits per heavy atom. The Balaban J connectivity index is 2.38. The van der Waals surface area contributed by atoms with Crippen molar-refractivity contribution in [3.05, 3.63) is 27.8 Å². The number of nitro benzene ring substituents is 1. The molecule has 1 aromatic rings. The van der Waals surface area contributed by atoms with Crippen molar-refractivity contribution in [3.63, 3.8) is 0 Å². The van der Waals surface area contributed by atoms with Crippen LogP contribution in [0.25, 0.3) is 0 Å². The Kier molecular flexibility index (Phi) is 2.68. The van der Waals surface area contributed by atoms with E-state index >= 15 is 0 Å². The van der Waals surface area contributed by atoms with E-state index in [0.717, 1.165) is 6.42 Å². The van der Waals surface area contributed by atoms with E-state index in [4.69, 9.17) is 9.47 Å². The average Bonchev–Trinajstić information content (AvgIpc) is 2.27. The van der Waals surface area contributed by atoms with Gasteiger partial charge in [-0.25, -0.2) is 0 Å². The molecule has 86 valence electrons. The highest BCUT2D eigenvalue weighted by Crippen LogP contribution is 2.37. The van der Waals surface area contributed by atoms with Gasteiger partial charge in [0.15, 0.2) is 11.5 Å². The highest BCUT2D eigenvalue weighted by Gasteiger charge is 2.23.